The lowest BCUT2D eigenvalue weighted by atomic mass is 10.3. The Hall–Kier alpha value is -1.57. The van der Waals surface area contributed by atoms with E-state index in [9.17, 15) is 0 Å². The van der Waals surface area contributed by atoms with Crippen LogP contribution in [0.5, 0.6) is 5.75 Å². The number of nitriles is 1. The molecule has 0 spiro atoms. The van der Waals surface area contributed by atoms with Gasteiger partial charge in [-0.25, -0.2) is 4.98 Å². The Balaban J connectivity index is 2.00. The van der Waals surface area contributed by atoms with Gasteiger partial charge in [0.25, 0.3) is 0 Å². The van der Waals surface area contributed by atoms with Gasteiger partial charge in [0.15, 0.2) is 0 Å². The van der Waals surface area contributed by atoms with Crippen LogP contribution in [0.3, 0.4) is 0 Å². The van der Waals surface area contributed by atoms with Gasteiger partial charge in [0.2, 0.25) is 0 Å². The summed E-state index contributed by atoms with van der Waals surface area (Å²) in [4.78, 5) is 4.65. The zero-order valence-electron chi connectivity index (χ0n) is 8.18. The van der Waals surface area contributed by atoms with Crippen molar-refractivity contribution >= 4 is 22.9 Å². The minimum Gasteiger partial charge on any atom is -0.486 e. The average Bonchev–Trinajstić information content (AvgIpc) is 2.74. The van der Waals surface area contributed by atoms with Crippen molar-refractivity contribution in [1.29, 1.82) is 5.26 Å². The highest BCUT2D eigenvalue weighted by molar-refractivity contribution is 7.12. The monoisotopic (exact) mass is 250 g/mol. The van der Waals surface area contributed by atoms with E-state index in [2.05, 4.69) is 4.98 Å². The fourth-order valence-corrected chi connectivity index (χ4v) is 1.94. The van der Waals surface area contributed by atoms with E-state index in [4.69, 9.17) is 21.6 Å². The lowest BCUT2D eigenvalue weighted by Crippen LogP contribution is -1.93. The van der Waals surface area contributed by atoms with Gasteiger partial charge in [-0.2, -0.15) is 5.26 Å². The number of hydrogen-bond acceptors (Lipinski definition) is 4. The first-order valence-electron chi connectivity index (χ1n) is 4.51. The van der Waals surface area contributed by atoms with Crippen molar-refractivity contribution < 1.29 is 4.74 Å². The van der Waals surface area contributed by atoms with Crippen LogP contribution in [0.2, 0.25) is 5.02 Å². The van der Waals surface area contributed by atoms with E-state index in [-0.39, 0.29) is 0 Å². The van der Waals surface area contributed by atoms with Crippen LogP contribution >= 0.6 is 22.9 Å². The van der Waals surface area contributed by atoms with E-state index in [1.54, 1.807) is 18.3 Å². The fourth-order valence-electron chi connectivity index (χ4n) is 1.13. The van der Waals surface area contributed by atoms with Crippen LogP contribution in [0.4, 0.5) is 0 Å². The van der Waals surface area contributed by atoms with Crippen LogP contribution < -0.4 is 4.74 Å². The molecule has 0 atom stereocenters. The summed E-state index contributed by atoms with van der Waals surface area (Å²) in [5.41, 5.74) is 0. The van der Waals surface area contributed by atoms with Gasteiger partial charge in [0.05, 0.1) is 6.20 Å². The number of halogens is 1. The molecule has 0 radical (unpaired) electrons. The second-order valence-electron chi connectivity index (χ2n) is 2.98. The number of rotatable bonds is 3. The van der Waals surface area contributed by atoms with Crippen molar-refractivity contribution in [2.45, 2.75) is 6.61 Å². The largest absolute Gasteiger partial charge is 0.486 e. The zero-order chi connectivity index (χ0) is 11.4. The molecular formula is C11H7ClN2OS. The second kappa shape index (κ2) is 4.97. The van der Waals surface area contributed by atoms with Gasteiger partial charge in [-0.15, -0.1) is 11.3 Å². The fraction of sp³-hybridized carbons (Fsp3) is 0.0909. The topological polar surface area (TPSA) is 45.9 Å². The highest BCUT2D eigenvalue weighted by Gasteiger charge is 2.02. The molecule has 2 aromatic rings. The summed E-state index contributed by atoms with van der Waals surface area (Å²) in [6.07, 6.45) is 1.54. The molecule has 0 aliphatic heterocycles. The van der Waals surface area contributed by atoms with Crippen LogP contribution in [0.1, 0.15) is 9.88 Å². The molecular weight excluding hydrogens is 244 g/mol. The molecule has 0 N–H and O–H groups in total. The number of hydrogen-bond donors (Lipinski definition) is 0. The van der Waals surface area contributed by atoms with Gasteiger partial charge >= 0.3 is 0 Å². The van der Waals surface area contributed by atoms with Crippen molar-refractivity contribution in [3.63, 3.8) is 0 Å². The van der Waals surface area contributed by atoms with Gasteiger partial charge in [-0.05, 0) is 18.2 Å². The van der Waals surface area contributed by atoms with E-state index < -0.39 is 0 Å². The van der Waals surface area contributed by atoms with E-state index >= 15 is 0 Å². The molecule has 0 bridgehead atoms. The lowest BCUT2D eigenvalue weighted by Gasteiger charge is -2.03. The van der Waals surface area contributed by atoms with E-state index in [0.717, 1.165) is 5.01 Å². The predicted octanol–water partition coefficient (Wildman–Crippen LogP) is 3.25. The Kier molecular flexibility index (Phi) is 3.40. The van der Waals surface area contributed by atoms with E-state index in [0.29, 0.717) is 22.3 Å². The number of benzene rings is 1. The number of thiazole rings is 1. The maximum atomic E-state index is 8.63. The molecule has 2 rings (SSSR count). The minimum atomic E-state index is 0.354. The Morgan fingerprint density at radius 2 is 2.38 bits per heavy atom. The van der Waals surface area contributed by atoms with Gasteiger partial charge < -0.3 is 4.74 Å². The predicted molar refractivity (Wildman–Crippen MR) is 62.6 cm³/mol. The maximum Gasteiger partial charge on any atom is 0.140 e. The average molecular weight is 251 g/mol. The summed E-state index contributed by atoms with van der Waals surface area (Å²) in [6.45, 7) is 0.354. The first kappa shape index (κ1) is 10.9. The molecule has 5 heteroatoms. The highest BCUT2D eigenvalue weighted by Crippen LogP contribution is 2.19. The van der Waals surface area contributed by atoms with E-state index in [1.165, 1.54) is 11.3 Å². The molecule has 80 valence electrons. The Morgan fingerprint density at radius 3 is 3.06 bits per heavy atom. The maximum absolute atomic E-state index is 8.63. The van der Waals surface area contributed by atoms with Crippen LogP contribution in [-0.4, -0.2) is 4.98 Å². The van der Waals surface area contributed by atoms with Crippen LogP contribution in [0, 0.1) is 11.3 Å². The second-order valence-corrected chi connectivity index (χ2v) is 4.53. The van der Waals surface area contributed by atoms with Crippen molar-refractivity contribution in [3.05, 3.63) is 45.4 Å². The summed E-state index contributed by atoms with van der Waals surface area (Å²) < 4.78 is 5.48. The zero-order valence-corrected chi connectivity index (χ0v) is 9.76. The quantitative estimate of drug-likeness (QED) is 0.840. The smallest absolute Gasteiger partial charge is 0.140 e. The van der Waals surface area contributed by atoms with Crippen molar-refractivity contribution in [3.8, 4) is 11.8 Å². The first-order chi connectivity index (χ1) is 7.78. The van der Waals surface area contributed by atoms with Crippen molar-refractivity contribution in [2.75, 3.05) is 0 Å². The molecule has 1 aromatic heterocycles. The van der Waals surface area contributed by atoms with Crippen molar-refractivity contribution in [1.82, 2.24) is 4.98 Å². The molecule has 3 nitrogen and oxygen atoms in total. The molecule has 1 aromatic carbocycles. The van der Waals surface area contributed by atoms with Gasteiger partial charge in [-0.3, -0.25) is 0 Å². The summed E-state index contributed by atoms with van der Waals surface area (Å²) in [6, 6.07) is 9.20. The van der Waals surface area contributed by atoms with Gasteiger partial charge in [-0.1, -0.05) is 17.7 Å². The molecule has 0 aliphatic rings. The molecule has 0 saturated heterocycles. The third-order valence-corrected chi connectivity index (χ3v) is 2.93. The third kappa shape index (κ3) is 2.72. The molecule has 0 fully saturated rings. The standard InChI is InChI=1S/C11H7ClN2OS/c12-8-2-1-3-9(4-8)15-7-11-14-6-10(5-13)16-11/h1-4,6H,7H2. The van der Waals surface area contributed by atoms with Crippen molar-refractivity contribution in [2.24, 2.45) is 0 Å². The Morgan fingerprint density at radius 1 is 1.50 bits per heavy atom. The van der Waals surface area contributed by atoms with Gasteiger partial charge in [0.1, 0.15) is 28.3 Å². The molecule has 0 amide bonds. The summed E-state index contributed by atoms with van der Waals surface area (Å²) in [7, 11) is 0. The normalized spacial score (nSPS) is 9.75. The molecule has 16 heavy (non-hydrogen) atoms. The van der Waals surface area contributed by atoms with Crippen LogP contribution in [0.25, 0.3) is 0 Å². The molecule has 0 saturated carbocycles. The summed E-state index contributed by atoms with van der Waals surface area (Å²) in [5.74, 6) is 0.696. The van der Waals surface area contributed by atoms with Crippen LogP contribution in [0.15, 0.2) is 30.5 Å². The number of ether oxygens (including phenoxy) is 1. The number of nitrogens with zero attached hydrogens (tertiary/aromatic N) is 2. The summed E-state index contributed by atoms with van der Waals surface area (Å²) >= 11 is 7.14. The Labute approximate surface area is 102 Å². The SMILES string of the molecule is N#Cc1cnc(COc2cccc(Cl)c2)s1. The molecule has 0 aliphatic carbocycles. The first-order valence-corrected chi connectivity index (χ1v) is 5.70. The van der Waals surface area contributed by atoms with E-state index in [1.807, 2.05) is 18.2 Å². The van der Waals surface area contributed by atoms with Crippen LogP contribution in [-0.2, 0) is 6.61 Å². The molecule has 1 heterocycles. The van der Waals surface area contributed by atoms with Gasteiger partial charge in [0, 0.05) is 5.02 Å². The lowest BCUT2D eigenvalue weighted by molar-refractivity contribution is 0.305. The minimum absolute atomic E-state index is 0.354. The molecule has 0 unspecified atom stereocenters. The number of aromatic nitrogens is 1. The highest BCUT2D eigenvalue weighted by atomic mass is 35.5. The Bertz CT molecular complexity index is 533. The third-order valence-electron chi connectivity index (χ3n) is 1.82. The summed E-state index contributed by atoms with van der Waals surface area (Å²) in [5, 5.41) is 10.0.